The van der Waals surface area contributed by atoms with Gasteiger partial charge in [0.25, 0.3) is 0 Å². The van der Waals surface area contributed by atoms with Gasteiger partial charge in [-0.15, -0.1) is 0 Å². The van der Waals surface area contributed by atoms with Crippen LogP contribution in [0.5, 0.6) is 0 Å². The number of Topliss-reactive ketones (excluding diaryl/α,β-unsaturated/α-hetero) is 1. The average molecular weight is 160 g/mol. The van der Waals surface area contributed by atoms with E-state index in [2.05, 4.69) is 6.92 Å². The summed E-state index contributed by atoms with van der Waals surface area (Å²) in [6.45, 7) is 4.16. The van der Waals surface area contributed by atoms with Gasteiger partial charge in [0, 0.05) is 20.0 Å². The monoisotopic (exact) mass is 160 g/mol. The lowest BCUT2D eigenvalue weighted by Crippen LogP contribution is -1.95. The Balaban J connectivity index is 0. The van der Waals surface area contributed by atoms with E-state index >= 15 is 0 Å². The highest BCUT2D eigenvalue weighted by molar-refractivity contribution is 5.78. The Morgan fingerprint density at radius 1 is 1.09 bits per heavy atom. The summed E-state index contributed by atoms with van der Waals surface area (Å²) in [4.78, 5) is 10.8. The topological polar surface area (TPSA) is 37.3 Å². The number of aliphatic hydroxyl groups is 1. The van der Waals surface area contributed by atoms with Crippen LogP contribution in [0.3, 0.4) is 0 Å². The molecule has 0 saturated carbocycles. The van der Waals surface area contributed by atoms with Gasteiger partial charge in [-0.3, -0.25) is 4.79 Å². The van der Waals surface area contributed by atoms with Crippen LogP contribution in [0, 0.1) is 0 Å². The molecule has 2 nitrogen and oxygen atoms in total. The smallest absolute Gasteiger partial charge is 0.132 e. The first kappa shape index (κ1) is 13.2. The summed E-state index contributed by atoms with van der Waals surface area (Å²) >= 11 is 0. The Kier molecular flexibility index (Phi) is 14.8. The van der Waals surface area contributed by atoms with E-state index in [0.29, 0.717) is 5.78 Å². The van der Waals surface area contributed by atoms with E-state index in [1.54, 1.807) is 0 Å². The molecule has 0 aromatic carbocycles. The number of aliphatic hydroxyl groups excluding tert-OH is 1. The Labute approximate surface area is 69.6 Å². The normalized spacial score (nSPS) is 8.36. The van der Waals surface area contributed by atoms with Gasteiger partial charge in [0.15, 0.2) is 0 Å². The molecule has 1 N–H and O–H groups in total. The van der Waals surface area contributed by atoms with Crippen LogP contribution in [0.1, 0.15) is 46.0 Å². The number of rotatable bonds is 5. The highest BCUT2D eigenvalue weighted by Crippen LogP contribution is 1.99. The lowest BCUT2D eigenvalue weighted by molar-refractivity contribution is -0.119. The molecular weight excluding hydrogens is 140 g/mol. The van der Waals surface area contributed by atoms with Crippen LogP contribution in [0.15, 0.2) is 0 Å². The number of carbonyl (C=O) groups is 1. The first-order valence-corrected chi connectivity index (χ1v) is 4.27. The van der Waals surface area contributed by atoms with Crippen molar-refractivity contribution in [1.82, 2.24) is 0 Å². The minimum Gasteiger partial charge on any atom is -0.400 e. The lowest BCUT2D eigenvalue weighted by atomic mass is 10.1. The maximum Gasteiger partial charge on any atom is 0.132 e. The van der Waals surface area contributed by atoms with Crippen molar-refractivity contribution in [2.45, 2.75) is 46.0 Å². The fourth-order valence-electron chi connectivity index (χ4n) is 0.778. The number of hydrogen-bond acceptors (Lipinski definition) is 2. The molecule has 11 heavy (non-hydrogen) atoms. The van der Waals surface area contributed by atoms with Gasteiger partial charge >= 0.3 is 0 Å². The summed E-state index contributed by atoms with van der Waals surface area (Å²) in [6, 6.07) is 0. The number of carbonyl (C=O) groups excluding carboxylic acids is 1. The number of ketones is 1. The van der Waals surface area contributed by atoms with Crippen molar-refractivity contribution >= 4 is 5.78 Å². The highest BCUT2D eigenvalue weighted by Gasteiger charge is 1.96. The van der Waals surface area contributed by atoms with Crippen LogP contribution >= 0.6 is 0 Å². The molecule has 2 heteroatoms. The van der Waals surface area contributed by atoms with E-state index in [4.69, 9.17) is 5.11 Å². The molecule has 0 aromatic heterocycles. The molecule has 0 unspecified atom stereocenters. The first-order valence-electron chi connectivity index (χ1n) is 4.27. The first-order chi connectivity index (χ1) is 5.31. The van der Waals surface area contributed by atoms with Gasteiger partial charge in [0.05, 0.1) is 0 Å². The van der Waals surface area contributed by atoms with Crippen LogP contribution in [0.25, 0.3) is 0 Å². The molecule has 0 heterocycles. The van der Waals surface area contributed by atoms with Crippen molar-refractivity contribution in [3.8, 4) is 0 Å². The van der Waals surface area contributed by atoms with Crippen LogP contribution < -0.4 is 0 Å². The fourth-order valence-corrected chi connectivity index (χ4v) is 0.778. The largest absolute Gasteiger partial charge is 0.400 e. The molecular formula is C9H20O2. The number of hydrogen-bond donors (Lipinski definition) is 1. The zero-order chi connectivity index (χ0) is 9.11. The van der Waals surface area contributed by atoms with Crippen molar-refractivity contribution in [3.05, 3.63) is 0 Å². The Bertz CT molecular complexity index is 79.6. The third kappa shape index (κ3) is 12.8. The van der Waals surface area contributed by atoms with Gasteiger partial charge < -0.3 is 5.11 Å². The molecule has 0 fully saturated rings. The third-order valence-corrected chi connectivity index (χ3v) is 1.34. The van der Waals surface area contributed by atoms with Gasteiger partial charge in [0.2, 0.25) is 0 Å². The standard InChI is InChI=1S/C8H16O.CH4O/c1-3-5-7-8(9)6-4-2;1-2/h3-7H2,1-2H3;2H,1H3. The second kappa shape index (κ2) is 12.3. The zero-order valence-electron chi connectivity index (χ0n) is 7.89. The van der Waals surface area contributed by atoms with Crippen LogP contribution in [-0.4, -0.2) is 18.0 Å². The molecule has 68 valence electrons. The predicted molar refractivity (Wildman–Crippen MR) is 47.6 cm³/mol. The zero-order valence-corrected chi connectivity index (χ0v) is 7.89. The van der Waals surface area contributed by atoms with Gasteiger partial charge in [-0.25, -0.2) is 0 Å². The van der Waals surface area contributed by atoms with Crippen LogP contribution in [0.4, 0.5) is 0 Å². The van der Waals surface area contributed by atoms with E-state index in [0.717, 1.165) is 39.2 Å². The van der Waals surface area contributed by atoms with E-state index in [1.165, 1.54) is 0 Å². The summed E-state index contributed by atoms with van der Waals surface area (Å²) < 4.78 is 0. The van der Waals surface area contributed by atoms with Gasteiger partial charge in [0.1, 0.15) is 5.78 Å². The minimum absolute atomic E-state index is 0.430. The SMILES string of the molecule is CCCCC(=O)CCC.CO. The molecule has 0 saturated heterocycles. The summed E-state index contributed by atoms with van der Waals surface area (Å²) in [5.41, 5.74) is 0. The highest BCUT2D eigenvalue weighted by atomic mass is 16.2. The van der Waals surface area contributed by atoms with Crippen molar-refractivity contribution in [2.75, 3.05) is 7.11 Å². The molecule has 0 amide bonds. The quantitative estimate of drug-likeness (QED) is 0.669. The summed E-state index contributed by atoms with van der Waals surface area (Å²) in [7, 11) is 1.00. The van der Waals surface area contributed by atoms with E-state index in [9.17, 15) is 4.79 Å². The van der Waals surface area contributed by atoms with E-state index in [1.807, 2.05) is 6.92 Å². The van der Waals surface area contributed by atoms with Crippen molar-refractivity contribution in [3.63, 3.8) is 0 Å². The maximum atomic E-state index is 10.8. The van der Waals surface area contributed by atoms with Crippen molar-refractivity contribution in [1.29, 1.82) is 0 Å². The third-order valence-electron chi connectivity index (χ3n) is 1.34. The lowest BCUT2D eigenvalue weighted by Gasteiger charge is -1.94. The minimum atomic E-state index is 0.430. The molecule has 0 aliphatic rings. The second-order valence-corrected chi connectivity index (χ2v) is 2.39. The molecule has 0 aliphatic heterocycles. The molecule has 0 aliphatic carbocycles. The Hall–Kier alpha value is -0.370. The fraction of sp³-hybridized carbons (Fsp3) is 0.889. The summed E-state index contributed by atoms with van der Waals surface area (Å²) in [6.07, 6.45) is 4.78. The molecule has 0 rings (SSSR count). The summed E-state index contributed by atoms with van der Waals surface area (Å²) in [5.74, 6) is 0.430. The van der Waals surface area contributed by atoms with Crippen LogP contribution in [0.2, 0.25) is 0 Å². The Morgan fingerprint density at radius 3 is 2.00 bits per heavy atom. The van der Waals surface area contributed by atoms with E-state index in [-0.39, 0.29) is 0 Å². The average Bonchev–Trinajstić information content (AvgIpc) is 2.05. The van der Waals surface area contributed by atoms with Gasteiger partial charge in [-0.2, -0.15) is 0 Å². The molecule has 0 spiro atoms. The van der Waals surface area contributed by atoms with Crippen molar-refractivity contribution < 1.29 is 9.90 Å². The Morgan fingerprint density at radius 2 is 1.64 bits per heavy atom. The predicted octanol–water partition coefficient (Wildman–Crippen LogP) is 2.15. The van der Waals surface area contributed by atoms with Gasteiger partial charge in [-0.05, 0) is 12.8 Å². The van der Waals surface area contributed by atoms with Crippen LogP contribution in [-0.2, 0) is 4.79 Å². The second-order valence-electron chi connectivity index (χ2n) is 2.39. The molecule has 0 atom stereocenters. The number of unbranched alkanes of at least 4 members (excludes halogenated alkanes) is 1. The molecule has 0 bridgehead atoms. The maximum absolute atomic E-state index is 10.8. The van der Waals surface area contributed by atoms with E-state index < -0.39 is 0 Å². The molecule has 0 aromatic rings. The van der Waals surface area contributed by atoms with Gasteiger partial charge in [-0.1, -0.05) is 20.3 Å². The summed E-state index contributed by atoms with van der Waals surface area (Å²) in [5, 5.41) is 7.00. The van der Waals surface area contributed by atoms with Crippen molar-refractivity contribution in [2.24, 2.45) is 0 Å². The molecule has 0 radical (unpaired) electrons.